The van der Waals surface area contributed by atoms with Crippen LogP contribution in [-0.4, -0.2) is 47.6 Å². The Balaban J connectivity index is 0.00000363. The minimum absolute atomic E-state index is 0. The Morgan fingerprint density at radius 3 is 2.41 bits per heavy atom. The van der Waals surface area contributed by atoms with Crippen LogP contribution in [0, 0.1) is 5.92 Å². The van der Waals surface area contributed by atoms with Crippen molar-refractivity contribution >= 4 is 5.78 Å². The van der Waals surface area contributed by atoms with Crippen molar-refractivity contribution in [1.82, 2.24) is 4.90 Å². The molecule has 2 heterocycles. The van der Waals surface area contributed by atoms with Crippen molar-refractivity contribution in [1.29, 1.82) is 0 Å². The van der Waals surface area contributed by atoms with E-state index >= 15 is 0 Å². The Morgan fingerprint density at radius 1 is 1.06 bits per heavy atom. The van der Waals surface area contributed by atoms with Gasteiger partial charge in [-0.3, -0.25) is 9.69 Å². The van der Waals surface area contributed by atoms with E-state index in [1.807, 2.05) is 18.2 Å². The maximum Gasteiger partial charge on any atom is 0.161 e. The molecule has 0 aromatic heterocycles. The highest BCUT2D eigenvalue weighted by atomic mass is 16.6. The first-order chi connectivity index (χ1) is 15.0. The van der Waals surface area contributed by atoms with E-state index in [1.165, 1.54) is 32.1 Å². The highest BCUT2D eigenvalue weighted by Gasteiger charge is 2.33. The lowest BCUT2D eigenvalue weighted by atomic mass is 9.88. The molecule has 1 fully saturated rings. The second kappa shape index (κ2) is 13.2. The van der Waals surface area contributed by atoms with E-state index in [0.29, 0.717) is 43.9 Å². The van der Waals surface area contributed by atoms with Gasteiger partial charge in [-0.25, -0.2) is 0 Å². The quantitative estimate of drug-likeness (QED) is 0.402. The molecule has 0 saturated carbocycles. The molecule has 5 heteroatoms. The maximum absolute atomic E-state index is 12.8. The minimum Gasteiger partial charge on any atom is -0.486 e. The lowest BCUT2D eigenvalue weighted by molar-refractivity contribution is -0.121. The lowest BCUT2D eigenvalue weighted by Crippen LogP contribution is -2.39. The number of ether oxygens (including phenoxy) is 2. The van der Waals surface area contributed by atoms with Gasteiger partial charge in [-0.1, -0.05) is 46.1 Å². The summed E-state index contributed by atoms with van der Waals surface area (Å²) in [7, 11) is 0. The number of carbonyl (C=O) groups excluding carboxylic acids is 1. The number of fused-ring (bicyclic) bond motifs is 1. The summed E-state index contributed by atoms with van der Waals surface area (Å²) in [4.78, 5) is 15.3. The molecule has 4 atom stereocenters. The number of aliphatic hydroxyl groups excluding tert-OH is 1. The summed E-state index contributed by atoms with van der Waals surface area (Å²) in [5, 5.41) is 11.3. The number of nitrogens with zero attached hydrogens (tertiary/aromatic N) is 1. The number of aliphatic hydroxyl groups is 1. The van der Waals surface area contributed by atoms with Gasteiger partial charge in [-0.05, 0) is 50.8 Å². The van der Waals surface area contributed by atoms with Crippen LogP contribution < -0.4 is 9.47 Å². The summed E-state index contributed by atoms with van der Waals surface area (Å²) in [5.74, 6) is 1.57. The topological polar surface area (TPSA) is 59.0 Å². The van der Waals surface area contributed by atoms with Crippen LogP contribution in [0.3, 0.4) is 0 Å². The van der Waals surface area contributed by atoms with Gasteiger partial charge in [0.2, 0.25) is 0 Å². The molecule has 0 aliphatic carbocycles. The predicted molar refractivity (Wildman–Crippen MR) is 130 cm³/mol. The van der Waals surface area contributed by atoms with Crippen molar-refractivity contribution in [3.63, 3.8) is 0 Å². The molecule has 1 saturated heterocycles. The zero-order valence-corrected chi connectivity index (χ0v) is 19.6. The van der Waals surface area contributed by atoms with Gasteiger partial charge in [-0.2, -0.15) is 0 Å². The van der Waals surface area contributed by atoms with Crippen LogP contribution in [0.5, 0.6) is 11.5 Å². The number of carbonyl (C=O) groups is 1. The van der Waals surface area contributed by atoms with Gasteiger partial charge >= 0.3 is 0 Å². The number of rotatable bonds is 12. The number of hydrogen-bond acceptors (Lipinski definition) is 5. The summed E-state index contributed by atoms with van der Waals surface area (Å²) in [6.45, 7) is 8.54. The molecule has 182 valence electrons. The van der Waals surface area contributed by atoms with E-state index in [2.05, 4.69) is 25.7 Å². The van der Waals surface area contributed by atoms with Gasteiger partial charge in [0.1, 0.15) is 19.0 Å². The average molecular weight is 448 g/mol. The molecule has 0 bridgehead atoms. The third-order valence-electron chi connectivity index (χ3n) is 6.98. The van der Waals surface area contributed by atoms with Crippen LogP contribution in [0.15, 0.2) is 18.2 Å². The Bertz CT molecular complexity index is 697. The lowest BCUT2D eigenvalue weighted by Gasteiger charge is -2.33. The normalized spacial score (nSPS) is 22.2. The van der Waals surface area contributed by atoms with Crippen molar-refractivity contribution in [2.75, 3.05) is 19.8 Å². The Kier molecular flexibility index (Phi) is 11.0. The van der Waals surface area contributed by atoms with Crippen LogP contribution in [0.2, 0.25) is 0 Å². The summed E-state index contributed by atoms with van der Waals surface area (Å²) in [5.41, 5.74) is 0.810. The van der Waals surface area contributed by atoms with Crippen LogP contribution in [-0.2, 0) is 4.79 Å². The van der Waals surface area contributed by atoms with Gasteiger partial charge in [0.25, 0.3) is 0 Å². The molecule has 3 rings (SSSR count). The van der Waals surface area contributed by atoms with E-state index in [4.69, 9.17) is 9.47 Å². The fraction of sp³-hybridized carbons (Fsp3) is 0.741. The predicted octanol–water partition coefficient (Wildman–Crippen LogP) is 5.94. The van der Waals surface area contributed by atoms with Crippen molar-refractivity contribution < 1.29 is 19.4 Å². The molecule has 0 amide bonds. The Hall–Kier alpha value is -1.59. The van der Waals surface area contributed by atoms with Gasteiger partial charge in [0, 0.05) is 37.4 Å². The van der Waals surface area contributed by atoms with Gasteiger partial charge < -0.3 is 14.6 Å². The third-order valence-corrected chi connectivity index (χ3v) is 6.98. The van der Waals surface area contributed by atoms with Crippen molar-refractivity contribution in [2.24, 2.45) is 5.92 Å². The number of ketones is 1. The highest BCUT2D eigenvalue weighted by molar-refractivity contribution is 5.78. The number of likely N-dealkylation sites (tertiary alicyclic amines) is 1. The summed E-state index contributed by atoms with van der Waals surface area (Å²) >= 11 is 0. The van der Waals surface area contributed by atoms with E-state index in [1.54, 1.807) is 0 Å². The molecular weight excluding hydrogens is 402 g/mol. The Labute approximate surface area is 195 Å². The van der Waals surface area contributed by atoms with Gasteiger partial charge in [-0.15, -0.1) is 0 Å². The molecule has 1 unspecified atom stereocenters. The molecule has 1 aromatic rings. The van der Waals surface area contributed by atoms with Gasteiger partial charge in [0.05, 0.1) is 6.10 Å². The zero-order valence-electron chi connectivity index (χ0n) is 19.6. The highest BCUT2D eigenvalue weighted by Crippen LogP contribution is 2.36. The number of Topliss-reactive ketones (excluding diaryl/α,β-unsaturated/α-hetero) is 1. The van der Waals surface area contributed by atoms with Crippen LogP contribution in [0.25, 0.3) is 0 Å². The van der Waals surface area contributed by atoms with Crippen molar-refractivity contribution in [2.45, 2.75) is 104 Å². The molecule has 5 nitrogen and oxygen atoms in total. The smallest absolute Gasteiger partial charge is 0.161 e. The number of unbranched alkanes of at least 4 members (excludes halogenated alkanes) is 4. The van der Waals surface area contributed by atoms with Crippen molar-refractivity contribution in [3.8, 4) is 11.5 Å². The number of benzene rings is 1. The summed E-state index contributed by atoms with van der Waals surface area (Å²) in [6.07, 6.45) is 8.46. The second-order valence-corrected chi connectivity index (χ2v) is 9.49. The standard InChI is InChI=1S/C26H41NO4.CH4/c1-4-5-6-7-8-9-23(28)16-22(18-27-19(2)10-11-20(27)3)26(29)21-12-13-24-25(17-21)31-15-14-30-24;/h12-13,17,19-20,22,26,29H,4-11,14-16,18H2,1-3H3;1H4/t19-,20-,22?,26-;/m1./s1. The molecule has 1 N–H and O–H groups in total. The van der Waals surface area contributed by atoms with Crippen LogP contribution in [0.1, 0.15) is 97.7 Å². The molecule has 2 aliphatic heterocycles. The largest absolute Gasteiger partial charge is 0.486 e. The molecule has 2 aliphatic rings. The zero-order chi connectivity index (χ0) is 22.2. The molecular formula is C27H45NO4. The van der Waals surface area contributed by atoms with Crippen LogP contribution >= 0.6 is 0 Å². The van der Waals surface area contributed by atoms with Gasteiger partial charge in [0.15, 0.2) is 11.5 Å². The molecule has 1 aromatic carbocycles. The fourth-order valence-corrected chi connectivity index (χ4v) is 4.99. The fourth-order valence-electron chi connectivity index (χ4n) is 4.99. The number of hydrogen-bond donors (Lipinski definition) is 1. The third kappa shape index (κ3) is 7.21. The van der Waals surface area contributed by atoms with E-state index < -0.39 is 6.10 Å². The molecule has 0 spiro atoms. The monoisotopic (exact) mass is 447 g/mol. The maximum atomic E-state index is 12.8. The second-order valence-electron chi connectivity index (χ2n) is 9.49. The Morgan fingerprint density at radius 2 is 1.72 bits per heavy atom. The SMILES string of the molecule is C.CCCCCCCC(=O)CC(CN1[C@H](C)CC[C@H]1C)[C@H](O)c1ccc2c(c1)OCCO2. The van der Waals surface area contributed by atoms with E-state index in [-0.39, 0.29) is 19.1 Å². The minimum atomic E-state index is -0.695. The first kappa shape index (κ1) is 26.7. The first-order valence-electron chi connectivity index (χ1n) is 12.3. The summed E-state index contributed by atoms with van der Waals surface area (Å²) < 4.78 is 11.3. The van der Waals surface area contributed by atoms with Crippen LogP contribution in [0.4, 0.5) is 0 Å². The molecule has 32 heavy (non-hydrogen) atoms. The molecule has 0 radical (unpaired) electrons. The summed E-state index contributed by atoms with van der Waals surface area (Å²) in [6, 6.07) is 6.67. The average Bonchev–Trinajstić information content (AvgIpc) is 3.09. The van der Waals surface area contributed by atoms with E-state index in [0.717, 1.165) is 30.7 Å². The first-order valence-corrected chi connectivity index (χ1v) is 12.3. The van der Waals surface area contributed by atoms with Crippen molar-refractivity contribution in [3.05, 3.63) is 23.8 Å². The van der Waals surface area contributed by atoms with E-state index in [9.17, 15) is 9.90 Å².